The summed E-state index contributed by atoms with van der Waals surface area (Å²) in [4.78, 5) is 4.41. The fourth-order valence-corrected chi connectivity index (χ4v) is 3.26. The summed E-state index contributed by atoms with van der Waals surface area (Å²) in [5, 5.41) is 8.73. The van der Waals surface area contributed by atoms with E-state index in [9.17, 15) is 0 Å². The molecule has 2 atom stereocenters. The maximum Gasteiger partial charge on any atom is 0.163 e. The minimum Gasteiger partial charge on any atom is -0.334 e. The van der Waals surface area contributed by atoms with Crippen molar-refractivity contribution in [1.82, 2.24) is 24.1 Å². The molecule has 1 saturated carbocycles. The van der Waals surface area contributed by atoms with Gasteiger partial charge >= 0.3 is 0 Å². The molecule has 3 aromatic heterocycles. The van der Waals surface area contributed by atoms with Gasteiger partial charge in [-0.2, -0.15) is 0 Å². The van der Waals surface area contributed by atoms with Gasteiger partial charge in [0.1, 0.15) is 11.3 Å². The summed E-state index contributed by atoms with van der Waals surface area (Å²) >= 11 is 0. The lowest BCUT2D eigenvalue weighted by Gasteiger charge is -2.25. The average molecular weight is 270 g/mol. The minimum absolute atomic E-state index is 0.291. The predicted octanol–water partition coefficient (Wildman–Crippen LogP) is 1.60. The average Bonchev–Trinajstić information content (AvgIpc) is 3.01. The van der Waals surface area contributed by atoms with Crippen LogP contribution >= 0.6 is 0 Å². The second-order valence-corrected chi connectivity index (χ2v) is 5.81. The molecule has 0 radical (unpaired) electrons. The van der Waals surface area contributed by atoms with Crippen molar-refractivity contribution in [3.8, 4) is 0 Å². The molecule has 2 unspecified atom stereocenters. The molecule has 2 N–H and O–H groups in total. The number of aromatic nitrogens is 5. The maximum absolute atomic E-state index is 6.10. The van der Waals surface area contributed by atoms with Crippen LogP contribution in [0.25, 0.3) is 16.7 Å². The van der Waals surface area contributed by atoms with Gasteiger partial charge in [-0.15, -0.1) is 10.2 Å². The lowest BCUT2D eigenvalue weighted by molar-refractivity contribution is 0.380. The van der Waals surface area contributed by atoms with Crippen molar-refractivity contribution in [2.24, 2.45) is 12.8 Å². The molecule has 6 nitrogen and oxygen atoms in total. The molecule has 1 aliphatic rings. The van der Waals surface area contributed by atoms with E-state index in [-0.39, 0.29) is 0 Å². The quantitative estimate of drug-likeness (QED) is 0.729. The zero-order valence-corrected chi connectivity index (χ0v) is 11.5. The van der Waals surface area contributed by atoms with Crippen LogP contribution in [0.15, 0.2) is 18.6 Å². The van der Waals surface area contributed by atoms with Crippen LogP contribution in [0.4, 0.5) is 0 Å². The van der Waals surface area contributed by atoms with E-state index in [1.807, 2.05) is 30.2 Å². The molecule has 0 bridgehead atoms. The Hall–Kier alpha value is -1.95. The number of pyridine rings is 1. The Balaban J connectivity index is 1.85. The second-order valence-electron chi connectivity index (χ2n) is 5.81. The van der Waals surface area contributed by atoms with E-state index in [0.29, 0.717) is 12.0 Å². The molecule has 4 rings (SSSR count). The summed E-state index contributed by atoms with van der Waals surface area (Å²) in [6, 6.07) is 2.33. The van der Waals surface area contributed by atoms with Crippen molar-refractivity contribution in [2.75, 3.05) is 0 Å². The fraction of sp³-hybridized carbons (Fsp3) is 0.500. The van der Waals surface area contributed by atoms with Crippen LogP contribution in [0, 0.1) is 0 Å². The predicted molar refractivity (Wildman–Crippen MR) is 76.4 cm³/mol. The third-order valence-electron chi connectivity index (χ3n) is 4.36. The Morgan fingerprint density at radius 2 is 2.20 bits per heavy atom. The van der Waals surface area contributed by atoms with Gasteiger partial charge in [-0.25, -0.2) is 4.98 Å². The van der Waals surface area contributed by atoms with Gasteiger partial charge < -0.3 is 10.3 Å². The van der Waals surface area contributed by atoms with E-state index >= 15 is 0 Å². The van der Waals surface area contributed by atoms with E-state index in [2.05, 4.69) is 19.6 Å². The highest BCUT2D eigenvalue weighted by Gasteiger charge is 2.25. The first-order valence-corrected chi connectivity index (χ1v) is 7.13. The van der Waals surface area contributed by atoms with Crippen molar-refractivity contribution in [3.05, 3.63) is 24.4 Å². The first kappa shape index (κ1) is 11.8. The molecular formula is C14H18N6. The monoisotopic (exact) mass is 270 g/mol. The number of nitrogens with two attached hydrogens (primary N) is 1. The molecule has 0 saturated heterocycles. The van der Waals surface area contributed by atoms with Gasteiger partial charge in [0, 0.05) is 31.3 Å². The number of aryl methyl sites for hydroxylation is 1. The van der Waals surface area contributed by atoms with E-state index in [1.165, 1.54) is 6.42 Å². The number of hydrogen-bond acceptors (Lipinski definition) is 4. The number of rotatable bonds is 1. The summed E-state index contributed by atoms with van der Waals surface area (Å²) in [7, 11) is 1.99. The van der Waals surface area contributed by atoms with Crippen LogP contribution in [-0.4, -0.2) is 30.2 Å². The van der Waals surface area contributed by atoms with Crippen molar-refractivity contribution >= 4 is 16.7 Å². The smallest absolute Gasteiger partial charge is 0.163 e. The molecular weight excluding hydrogens is 252 g/mol. The highest BCUT2D eigenvalue weighted by Crippen LogP contribution is 2.31. The zero-order chi connectivity index (χ0) is 13.7. The van der Waals surface area contributed by atoms with Crippen LogP contribution < -0.4 is 5.73 Å². The Morgan fingerprint density at radius 1 is 1.30 bits per heavy atom. The van der Waals surface area contributed by atoms with Crippen molar-refractivity contribution in [3.63, 3.8) is 0 Å². The lowest BCUT2D eigenvalue weighted by atomic mass is 9.85. The molecule has 0 aromatic carbocycles. The zero-order valence-electron chi connectivity index (χ0n) is 11.5. The lowest BCUT2D eigenvalue weighted by Crippen LogP contribution is -2.27. The molecule has 3 aromatic rings. The van der Waals surface area contributed by atoms with Crippen molar-refractivity contribution in [1.29, 1.82) is 0 Å². The summed E-state index contributed by atoms with van der Waals surface area (Å²) in [6.07, 6.45) is 8.31. The van der Waals surface area contributed by atoms with Gasteiger partial charge in [0.05, 0.1) is 11.8 Å². The van der Waals surface area contributed by atoms with Crippen LogP contribution in [0.5, 0.6) is 0 Å². The molecule has 20 heavy (non-hydrogen) atoms. The number of imidazole rings is 1. The molecule has 0 spiro atoms. The van der Waals surface area contributed by atoms with Crippen LogP contribution in [-0.2, 0) is 7.05 Å². The Bertz CT molecular complexity index is 771. The maximum atomic E-state index is 6.10. The van der Waals surface area contributed by atoms with E-state index < -0.39 is 0 Å². The summed E-state index contributed by atoms with van der Waals surface area (Å²) in [5.74, 6) is 1.44. The Morgan fingerprint density at radius 3 is 3.05 bits per heavy atom. The van der Waals surface area contributed by atoms with Gasteiger partial charge in [-0.3, -0.25) is 4.40 Å². The third kappa shape index (κ3) is 1.71. The summed E-state index contributed by atoms with van der Waals surface area (Å²) in [6.45, 7) is 0. The van der Waals surface area contributed by atoms with Gasteiger partial charge in [0.25, 0.3) is 0 Å². The highest BCUT2D eigenvalue weighted by molar-refractivity contribution is 5.78. The molecule has 0 amide bonds. The first-order chi connectivity index (χ1) is 9.72. The fourth-order valence-electron chi connectivity index (χ4n) is 3.26. The van der Waals surface area contributed by atoms with Gasteiger partial charge in [0.15, 0.2) is 5.65 Å². The Labute approximate surface area is 116 Å². The van der Waals surface area contributed by atoms with E-state index in [1.54, 1.807) is 0 Å². The van der Waals surface area contributed by atoms with Crippen molar-refractivity contribution in [2.45, 2.75) is 37.6 Å². The molecule has 1 aliphatic carbocycles. The first-order valence-electron chi connectivity index (χ1n) is 7.13. The van der Waals surface area contributed by atoms with Crippen LogP contribution in [0.3, 0.4) is 0 Å². The topological polar surface area (TPSA) is 74.0 Å². The second kappa shape index (κ2) is 4.28. The van der Waals surface area contributed by atoms with Gasteiger partial charge in [-0.1, -0.05) is 6.42 Å². The SMILES string of the molecule is Cn1cnc2cn3c(C4CCCC(N)C4)nnc3cc21. The normalized spacial score (nSPS) is 23.7. The standard InChI is InChI=1S/C14H18N6/c1-19-8-16-11-7-20-13(6-12(11)19)17-18-14(20)9-3-2-4-10(15)5-9/h6-10H,2-5,15H2,1H3. The minimum atomic E-state index is 0.291. The van der Waals surface area contributed by atoms with Crippen molar-refractivity contribution < 1.29 is 0 Å². The Kier molecular flexibility index (Phi) is 2.53. The van der Waals surface area contributed by atoms with Crippen LogP contribution in [0.1, 0.15) is 37.4 Å². The number of fused-ring (bicyclic) bond motifs is 2. The van der Waals surface area contributed by atoms with Crippen LogP contribution in [0.2, 0.25) is 0 Å². The largest absolute Gasteiger partial charge is 0.334 e. The van der Waals surface area contributed by atoms with E-state index in [0.717, 1.165) is 41.8 Å². The molecule has 1 fully saturated rings. The van der Waals surface area contributed by atoms with Gasteiger partial charge in [0.2, 0.25) is 0 Å². The van der Waals surface area contributed by atoms with Gasteiger partial charge in [-0.05, 0) is 19.3 Å². The third-order valence-corrected chi connectivity index (χ3v) is 4.36. The summed E-state index contributed by atoms with van der Waals surface area (Å²) < 4.78 is 4.08. The molecule has 104 valence electrons. The summed E-state index contributed by atoms with van der Waals surface area (Å²) in [5.41, 5.74) is 9.03. The molecule has 0 aliphatic heterocycles. The van der Waals surface area contributed by atoms with E-state index in [4.69, 9.17) is 5.73 Å². The molecule has 3 heterocycles. The number of nitrogens with zero attached hydrogens (tertiary/aromatic N) is 5. The number of hydrogen-bond donors (Lipinski definition) is 1. The highest BCUT2D eigenvalue weighted by atomic mass is 15.3. The molecule has 6 heteroatoms.